The van der Waals surface area contributed by atoms with Crippen LogP contribution in [0.1, 0.15) is 17.7 Å². The third-order valence-corrected chi connectivity index (χ3v) is 6.14. The molecule has 0 unspecified atom stereocenters. The summed E-state index contributed by atoms with van der Waals surface area (Å²) in [5.74, 6) is 0.478. The van der Waals surface area contributed by atoms with Gasteiger partial charge in [0.05, 0.1) is 32.7 Å². The highest BCUT2D eigenvalue weighted by Gasteiger charge is 2.19. The van der Waals surface area contributed by atoms with Gasteiger partial charge in [0.2, 0.25) is 11.7 Å². The number of carbonyl (C=O) groups is 1. The molecule has 9 nitrogen and oxygen atoms in total. The Kier molecular flexibility index (Phi) is 6.96. The van der Waals surface area contributed by atoms with Gasteiger partial charge in [0.15, 0.2) is 11.5 Å². The standard InChI is InChI=1S/C26H27FN4O5/c1-15-17(10-11-23(32)28-19-9-7-6-8-18(19)27)26(33)31-24(30(15)2)14-20(29-31)16-12-21(34-3)25(36-5)22(13-16)35-4/h6-9,12-14H,10-11H2,1-5H3,(H,28,32). The van der Waals surface area contributed by atoms with Gasteiger partial charge in [-0.2, -0.15) is 9.61 Å². The van der Waals surface area contributed by atoms with Crippen molar-refractivity contribution in [2.45, 2.75) is 19.8 Å². The van der Waals surface area contributed by atoms with Crippen molar-refractivity contribution < 1.29 is 23.4 Å². The van der Waals surface area contributed by atoms with E-state index in [1.54, 1.807) is 30.3 Å². The Morgan fingerprint density at radius 1 is 1.06 bits per heavy atom. The Morgan fingerprint density at radius 3 is 2.33 bits per heavy atom. The fourth-order valence-electron chi connectivity index (χ4n) is 4.09. The first-order valence-corrected chi connectivity index (χ1v) is 11.2. The predicted molar refractivity (Wildman–Crippen MR) is 134 cm³/mol. The molecule has 0 spiro atoms. The zero-order valence-electron chi connectivity index (χ0n) is 20.7. The van der Waals surface area contributed by atoms with Crippen molar-refractivity contribution in [3.05, 3.63) is 69.9 Å². The van der Waals surface area contributed by atoms with Crippen molar-refractivity contribution in [3.8, 4) is 28.5 Å². The summed E-state index contributed by atoms with van der Waals surface area (Å²) in [5, 5.41) is 7.09. The van der Waals surface area contributed by atoms with Crippen LogP contribution in [0.15, 0.2) is 47.3 Å². The summed E-state index contributed by atoms with van der Waals surface area (Å²) in [5.41, 5.74) is 2.74. The average molecular weight is 495 g/mol. The molecular weight excluding hydrogens is 467 g/mol. The minimum Gasteiger partial charge on any atom is -0.493 e. The first-order valence-electron chi connectivity index (χ1n) is 11.2. The molecule has 2 aromatic carbocycles. The largest absolute Gasteiger partial charge is 0.493 e. The smallest absolute Gasteiger partial charge is 0.277 e. The first kappa shape index (κ1) is 24.8. The molecular formula is C26H27FN4O5. The number of benzene rings is 2. The Labute approximate surface area is 207 Å². The van der Waals surface area contributed by atoms with Gasteiger partial charge in [-0.15, -0.1) is 0 Å². The highest BCUT2D eigenvalue weighted by molar-refractivity contribution is 5.90. The lowest BCUT2D eigenvalue weighted by atomic mass is 10.1. The second kappa shape index (κ2) is 10.1. The van der Waals surface area contributed by atoms with Crippen LogP contribution in [0.3, 0.4) is 0 Å². The Hall–Kier alpha value is -4.34. The van der Waals surface area contributed by atoms with Crippen molar-refractivity contribution in [2.75, 3.05) is 26.6 Å². The molecule has 188 valence electrons. The normalized spacial score (nSPS) is 10.9. The van der Waals surface area contributed by atoms with Crippen LogP contribution in [0.4, 0.5) is 10.1 Å². The number of fused-ring (bicyclic) bond motifs is 1. The number of ether oxygens (including phenoxy) is 3. The van der Waals surface area contributed by atoms with E-state index in [9.17, 15) is 14.0 Å². The molecule has 0 radical (unpaired) electrons. The maximum atomic E-state index is 13.8. The van der Waals surface area contributed by atoms with E-state index in [0.29, 0.717) is 45.4 Å². The molecule has 0 saturated carbocycles. The highest BCUT2D eigenvalue weighted by Crippen LogP contribution is 2.41. The number of amides is 1. The SMILES string of the molecule is COc1cc(-c2cc3n(C)c(C)c(CCC(=O)Nc4ccccc4F)c(=O)n3n2)cc(OC)c1OC. The van der Waals surface area contributed by atoms with Crippen LogP contribution in [0, 0.1) is 12.7 Å². The maximum Gasteiger partial charge on any atom is 0.277 e. The number of rotatable bonds is 8. The van der Waals surface area contributed by atoms with Gasteiger partial charge >= 0.3 is 0 Å². The molecule has 36 heavy (non-hydrogen) atoms. The Morgan fingerprint density at radius 2 is 1.72 bits per heavy atom. The van der Waals surface area contributed by atoms with Gasteiger partial charge in [-0.05, 0) is 37.6 Å². The zero-order chi connectivity index (χ0) is 26.0. The molecule has 0 aliphatic rings. The number of carbonyl (C=O) groups excluding carboxylic acids is 1. The van der Waals surface area contributed by atoms with Crippen molar-refractivity contribution in [1.29, 1.82) is 0 Å². The van der Waals surface area contributed by atoms with Crippen LogP contribution < -0.4 is 25.1 Å². The lowest BCUT2D eigenvalue weighted by Gasteiger charge is -2.13. The molecule has 4 aromatic rings. The van der Waals surface area contributed by atoms with Crippen LogP contribution in [0.5, 0.6) is 17.2 Å². The summed E-state index contributed by atoms with van der Waals surface area (Å²) in [6.45, 7) is 1.82. The molecule has 0 bridgehead atoms. The van der Waals surface area contributed by atoms with E-state index in [1.807, 2.05) is 18.5 Å². The fourth-order valence-corrected chi connectivity index (χ4v) is 4.09. The van der Waals surface area contributed by atoms with Gasteiger partial charge in [0.1, 0.15) is 11.5 Å². The summed E-state index contributed by atoms with van der Waals surface area (Å²) >= 11 is 0. The van der Waals surface area contributed by atoms with Crippen molar-refractivity contribution in [2.24, 2.45) is 7.05 Å². The van der Waals surface area contributed by atoms with Crippen LogP contribution in [0.25, 0.3) is 16.9 Å². The predicted octanol–water partition coefficient (Wildman–Crippen LogP) is 3.74. The number of para-hydroxylation sites is 1. The number of aryl methyl sites for hydroxylation is 1. The van der Waals surface area contributed by atoms with Crippen LogP contribution in [-0.2, 0) is 18.3 Å². The monoisotopic (exact) mass is 494 g/mol. The summed E-state index contributed by atoms with van der Waals surface area (Å²) in [4.78, 5) is 25.8. The lowest BCUT2D eigenvalue weighted by molar-refractivity contribution is -0.116. The second-order valence-corrected chi connectivity index (χ2v) is 8.17. The van der Waals surface area contributed by atoms with Crippen molar-refractivity contribution in [1.82, 2.24) is 14.2 Å². The second-order valence-electron chi connectivity index (χ2n) is 8.17. The number of halogens is 1. The number of hydrogen-bond donors (Lipinski definition) is 1. The van der Waals surface area contributed by atoms with E-state index in [1.165, 1.54) is 38.0 Å². The van der Waals surface area contributed by atoms with E-state index in [2.05, 4.69) is 10.4 Å². The number of anilines is 1. The molecule has 0 aliphatic heterocycles. The van der Waals surface area contributed by atoms with Gasteiger partial charge < -0.3 is 24.1 Å². The number of aromatic nitrogens is 3. The molecule has 1 amide bonds. The third-order valence-electron chi connectivity index (χ3n) is 6.14. The molecule has 0 fully saturated rings. The van der Waals surface area contributed by atoms with E-state index in [-0.39, 0.29) is 30.0 Å². The van der Waals surface area contributed by atoms with Gasteiger partial charge in [0.25, 0.3) is 5.56 Å². The average Bonchev–Trinajstić information content (AvgIpc) is 3.34. The first-order chi connectivity index (χ1) is 17.3. The van der Waals surface area contributed by atoms with Crippen molar-refractivity contribution >= 4 is 17.2 Å². The lowest BCUT2D eigenvalue weighted by Crippen LogP contribution is -2.26. The molecule has 10 heteroatoms. The molecule has 1 N–H and O–H groups in total. The molecule has 0 saturated heterocycles. The van der Waals surface area contributed by atoms with Gasteiger partial charge in [0, 0.05) is 36.4 Å². The molecule has 4 rings (SSSR count). The van der Waals surface area contributed by atoms with Gasteiger partial charge in [-0.25, -0.2) is 4.39 Å². The van der Waals surface area contributed by atoms with E-state index < -0.39 is 5.82 Å². The Balaban J connectivity index is 1.68. The minimum atomic E-state index is -0.518. The van der Waals surface area contributed by atoms with Crippen LogP contribution in [-0.4, -0.2) is 41.4 Å². The zero-order valence-corrected chi connectivity index (χ0v) is 20.7. The topological polar surface area (TPSA) is 96.1 Å². The number of hydrogen-bond acceptors (Lipinski definition) is 6. The van der Waals surface area contributed by atoms with Gasteiger partial charge in [-0.3, -0.25) is 9.59 Å². The number of nitrogens with one attached hydrogen (secondary N) is 1. The fraction of sp³-hybridized carbons (Fsp3) is 0.269. The Bertz CT molecular complexity index is 1480. The van der Waals surface area contributed by atoms with Crippen molar-refractivity contribution in [3.63, 3.8) is 0 Å². The summed E-state index contributed by atoms with van der Waals surface area (Å²) in [6, 6.07) is 11.2. The summed E-state index contributed by atoms with van der Waals surface area (Å²) in [7, 11) is 6.40. The molecule has 0 aliphatic carbocycles. The van der Waals surface area contributed by atoms with E-state index in [4.69, 9.17) is 14.2 Å². The van der Waals surface area contributed by atoms with Crippen LogP contribution >= 0.6 is 0 Å². The minimum absolute atomic E-state index is 0.0108. The van der Waals surface area contributed by atoms with E-state index in [0.717, 1.165) is 0 Å². The summed E-state index contributed by atoms with van der Waals surface area (Å²) in [6.07, 6.45) is 0.186. The molecule has 2 aromatic heterocycles. The highest BCUT2D eigenvalue weighted by atomic mass is 19.1. The molecule has 0 atom stereocenters. The van der Waals surface area contributed by atoms with Crippen LogP contribution in [0.2, 0.25) is 0 Å². The van der Waals surface area contributed by atoms with Gasteiger partial charge in [-0.1, -0.05) is 12.1 Å². The van der Waals surface area contributed by atoms with E-state index >= 15 is 0 Å². The third kappa shape index (κ3) is 4.49. The number of methoxy groups -OCH3 is 3. The summed E-state index contributed by atoms with van der Waals surface area (Å²) < 4.78 is 33.3. The number of nitrogens with zero attached hydrogens (tertiary/aromatic N) is 3. The maximum absolute atomic E-state index is 13.8. The molecule has 2 heterocycles. The quantitative estimate of drug-likeness (QED) is 0.401.